The molecule has 5 nitrogen and oxygen atoms in total. The first kappa shape index (κ1) is 19.4. The summed E-state index contributed by atoms with van der Waals surface area (Å²) in [6.07, 6.45) is 5.75. The van der Waals surface area contributed by atoms with Gasteiger partial charge in [-0.05, 0) is 42.6 Å². The SMILES string of the molecule is CCC(C)(C)C1CCC2(CC1)NC(=O)N(C[NH+]1CCc3ccccc3C1)C2=O. The molecule has 1 unspecified atom stereocenters. The molecule has 1 aliphatic carbocycles. The fourth-order valence-electron chi connectivity index (χ4n) is 5.34. The van der Waals surface area contributed by atoms with Crippen molar-refractivity contribution in [1.29, 1.82) is 0 Å². The molecule has 152 valence electrons. The zero-order valence-corrected chi connectivity index (χ0v) is 17.5. The minimum atomic E-state index is -0.648. The molecule has 4 rings (SSSR count). The van der Waals surface area contributed by atoms with Crippen LogP contribution in [-0.2, 0) is 17.8 Å². The molecule has 2 heterocycles. The number of nitrogens with one attached hydrogen (secondary N) is 2. The zero-order valence-electron chi connectivity index (χ0n) is 17.5. The van der Waals surface area contributed by atoms with Gasteiger partial charge in [0.2, 0.25) is 0 Å². The molecule has 1 aromatic rings. The predicted molar refractivity (Wildman–Crippen MR) is 109 cm³/mol. The van der Waals surface area contributed by atoms with E-state index in [1.807, 2.05) is 0 Å². The number of fused-ring (bicyclic) bond motifs is 1. The number of hydrogen-bond donors (Lipinski definition) is 2. The number of hydrogen-bond acceptors (Lipinski definition) is 2. The second-order valence-electron chi connectivity index (χ2n) is 9.72. The highest BCUT2D eigenvalue weighted by molar-refractivity contribution is 6.06. The van der Waals surface area contributed by atoms with Gasteiger partial charge in [-0.25, -0.2) is 9.69 Å². The maximum absolute atomic E-state index is 13.3. The van der Waals surface area contributed by atoms with Crippen LogP contribution >= 0.6 is 0 Å². The average Bonchev–Trinajstić information content (AvgIpc) is 2.92. The molecule has 0 bridgehead atoms. The third-order valence-corrected chi connectivity index (χ3v) is 7.79. The molecule has 28 heavy (non-hydrogen) atoms. The van der Waals surface area contributed by atoms with Crippen LogP contribution in [0.15, 0.2) is 24.3 Å². The molecular weight excluding hydrogens is 350 g/mol. The molecule has 3 aliphatic rings. The first-order chi connectivity index (χ1) is 13.3. The van der Waals surface area contributed by atoms with Crippen molar-refractivity contribution in [3.8, 4) is 0 Å². The van der Waals surface area contributed by atoms with Gasteiger partial charge in [0, 0.05) is 12.0 Å². The van der Waals surface area contributed by atoms with E-state index in [4.69, 9.17) is 0 Å². The molecule has 2 fully saturated rings. The van der Waals surface area contributed by atoms with Crippen molar-refractivity contribution >= 4 is 11.9 Å². The summed E-state index contributed by atoms with van der Waals surface area (Å²) in [7, 11) is 0. The number of quaternary nitrogens is 1. The summed E-state index contributed by atoms with van der Waals surface area (Å²) >= 11 is 0. The Balaban J connectivity index is 1.41. The van der Waals surface area contributed by atoms with E-state index >= 15 is 0 Å². The number of nitrogens with zero attached hydrogens (tertiary/aromatic N) is 1. The second-order valence-corrected chi connectivity index (χ2v) is 9.72. The highest BCUT2D eigenvalue weighted by Crippen LogP contribution is 2.44. The van der Waals surface area contributed by atoms with E-state index in [0.717, 1.165) is 51.6 Å². The lowest BCUT2D eigenvalue weighted by Crippen LogP contribution is -3.13. The fourth-order valence-corrected chi connectivity index (χ4v) is 5.34. The summed E-state index contributed by atoms with van der Waals surface area (Å²) < 4.78 is 0. The third-order valence-electron chi connectivity index (χ3n) is 7.79. The van der Waals surface area contributed by atoms with E-state index in [9.17, 15) is 9.59 Å². The summed E-state index contributed by atoms with van der Waals surface area (Å²) in [5.41, 5.74) is 2.40. The van der Waals surface area contributed by atoms with Crippen molar-refractivity contribution in [2.45, 2.75) is 71.4 Å². The van der Waals surface area contributed by atoms with Gasteiger partial charge in [0.15, 0.2) is 6.67 Å². The van der Waals surface area contributed by atoms with Crippen LogP contribution in [0.4, 0.5) is 4.79 Å². The maximum Gasteiger partial charge on any atom is 0.329 e. The monoisotopic (exact) mass is 384 g/mol. The summed E-state index contributed by atoms with van der Waals surface area (Å²) in [4.78, 5) is 28.7. The molecule has 0 radical (unpaired) electrons. The molecular formula is C23H34N3O2+. The fraction of sp³-hybridized carbons (Fsp3) is 0.652. The summed E-state index contributed by atoms with van der Waals surface area (Å²) in [5.74, 6) is 0.641. The Labute approximate surface area is 168 Å². The summed E-state index contributed by atoms with van der Waals surface area (Å²) in [6, 6.07) is 8.32. The standard InChI is InChI=1S/C23H33N3O2/c1-4-22(2,3)19-9-12-23(13-10-19)20(27)26(21(28)24-23)16-25-14-11-17-7-5-6-8-18(17)15-25/h5-8,19H,4,9-16H2,1-3H3,(H,24,28)/p+1. The molecule has 2 N–H and O–H groups in total. The van der Waals surface area contributed by atoms with Crippen LogP contribution in [0.25, 0.3) is 0 Å². The highest BCUT2D eigenvalue weighted by Gasteiger charge is 2.54. The number of urea groups is 1. The van der Waals surface area contributed by atoms with E-state index in [0.29, 0.717) is 18.0 Å². The van der Waals surface area contributed by atoms with Gasteiger partial charge in [-0.15, -0.1) is 0 Å². The van der Waals surface area contributed by atoms with Gasteiger partial charge >= 0.3 is 6.03 Å². The summed E-state index contributed by atoms with van der Waals surface area (Å²) in [5, 5.41) is 3.09. The summed E-state index contributed by atoms with van der Waals surface area (Å²) in [6.45, 7) is 9.22. The zero-order chi connectivity index (χ0) is 19.9. The molecule has 3 amide bonds. The van der Waals surface area contributed by atoms with E-state index in [-0.39, 0.29) is 11.9 Å². The van der Waals surface area contributed by atoms with Crippen molar-refractivity contribution in [3.63, 3.8) is 0 Å². The van der Waals surface area contributed by atoms with Crippen LogP contribution in [0, 0.1) is 11.3 Å². The number of carbonyl (C=O) groups excluding carboxylic acids is 2. The molecule has 1 saturated heterocycles. The Morgan fingerprint density at radius 3 is 2.54 bits per heavy atom. The van der Waals surface area contributed by atoms with Crippen LogP contribution in [0.2, 0.25) is 0 Å². The van der Waals surface area contributed by atoms with Crippen molar-refractivity contribution in [2.24, 2.45) is 11.3 Å². The topological polar surface area (TPSA) is 53.9 Å². The number of amides is 3. The van der Waals surface area contributed by atoms with Crippen LogP contribution in [0.3, 0.4) is 0 Å². The van der Waals surface area contributed by atoms with Gasteiger partial charge in [-0.3, -0.25) is 4.79 Å². The minimum absolute atomic E-state index is 0.0108. The van der Waals surface area contributed by atoms with Crippen LogP contribution in [-0.4, -0.2) is 35.6 Å². The normalized spacial score (nSPS) is 30.5. The molecule has 1 aromatic carbocycles. The van der Waals surface area contributed by atoms with Crippen LogP contribution in [0.5, 0.6) is 0 Å². The second kappa shape index (κ2) is 7.18. The van der Waals surface area contributed by atoms with Crippen LogP contribution < -0.4 is 10.2 Å². The Bertz CT molecular complexity index is 765. The highest BCUT2D eigenvalue weighted by atomic mass is 16.2. The first-order valence-electron chi connectivity index (χ1n) is 10.9. The van der Waals surface area contributed by atoms with Gasteiger partial charge in [0.05, 0.1) is 6.54 Å². The molecule has 1 saturated carbocycles. The van der Waals surface area contributed by atoms with Crippen LogP contribution in [0.1, 0.15) is 64.0 Å². The maximum atomic E-state index is 13.3. The molecule has 2 aliphatic heterocycles. The molecule has 5 heteroatoms. The lowest BCUT2D eigenvalue weighted by atomic mass is 9.65. The Kier molecular flexibility index (Phi) is 4.98. The third kappa shape index (κ3) is 3.34. The van der Waals surface area contributed by atoms with Gasteiger partial charge in [-0.1, -0.05) is 51.5 Å². The molecule has 0 aromatic heterocycles. The van der Waals surface area contributed by atoms with Crippen molar-refractivity contribution in [2.75, 3.05) is 13.2 Å². The Morgan fingerprint density at radius 2 is 1.86 bits per heavy atom. The Hall–Kier alpha value is -1.88. The van der Waals surface area contributed by atoms with E-state index in [1.54, 1.807) is 0 Å². The average molecular weight is 385 g/mol. The first-order valence-corrected chi connectivity index (χ1v) is 10.9. The Morgan fingerprint density at radius 1 is 1.18 bits per heavy atom. The number of imide groups is 1. The number of carbonyl (C=O) groups is 2. The van der Waals surface area contributed by atoms with E-state index in [1.165, 1.54) is 20.9 Å². The van der Waals surface area contributed by atoms with Crippen molar-refractivity contribution in [1.82, 2.24) is 10.2 Å². The number of benzene rings is 1. The lowest BCUT2D eigenvalue weighted by Gasteiger charge is -2.42. The lowest BCUT2D eigenvalue weighted by molar-refractivity contribution is -0.923. The van der Waals surface area contributed by atoms with Gasteiger partial charge in [-0.2, -0.15) is 0 Å². The minimum Gasteiger partial charge on any atom is -0.323 e. The number of rotatable bonds is 4. The van der Waals surface area contributed by atoms with E-state index < -0.39 is 5.54 Å². The van der Waals surface area contributed by atoms with Crippen molar-refractivity contribution in [3.05, 3.63) is 35.4 Å². The van der Waals surface area contributed by atoms with Gasteiger partial charge in [0.25, 0.3) is 5.91 Å². The molecule has 1 atom stereocenters. The predicted octanol–water partition coefficient (Wildman–Crippen LogP) is 2.50. The van der Waals surface area contributed by atoms with Crippen molar-refractivity contribution < 1.29 is 14.5 Å². The molecule has 1 spiro atoms. The largest absolute Gasteiger partial charge is 0.329 e. The van der Waals surface area contributed by atoms with E-state index in [2.05, 4.69) is 50.4 Å². The smallest absolute Gasteiger partial charge is 0.323 e. The van der Waals surface area contributed by atoms with Gasteiger partial charge < -0.3 is 10.2 Å². The van der Waals surface area contributed by atoms with Gasteiger partial charge in [0.1, 0.15) is 12.1 Å². The quantitative estimate of drug-likeness (QED) is 0.784.